The highest BCUT2D eigenvalue weighted by Gasteiger charge is 2.46. The number of benzene rings is 1. The van der Waals surface area contributed by atoms with Crippen LogP contribution in [-0.2, 0) is 24.1 Å². The molecule has 130 valence electrons. The monoisotopic (exact) mass is 350 g/mol. The quantitative estimate of drug-likeness (QED) is 0.816. The highest BCUT2D eigenvalue weighted by atomic mass is 32.2. The van der Waals surface area contributed by atoms with E-state index in [9.17, 15) is 13.2 Å². The molecule has 1 heterocycles. The van der Waals surface area contributed by atoms with Gasteiger partial charge in [-0.3, -0.25) is 4.79 Å². The van der Waals surface area contributed by atoms with Crippen LogP contribution in [0.4, 0.5) is 0 Å². The van der Waals surface area contributed by atoms with Gasteiger partial charge in [0.15, 0.2) is 21.4 Å². The molecule has 1 aliphatic heterocycles. The van der Waals surface area contributed by atoms with Crippen LogP contribution in [0, 0.1) is 0 Å². The molecule has 2 aliphatic rings. The topological polar surface area (TPSA) is 69.7 Å². The van der Waals surface area contributed by atoms with Crippen LogP contribution in [0.25, 0.3) is 0 Å². The van der Waals surface area contributed by atoms with Crippen LogP contribution >= 0.6 is 0 Å². The first-order valence-electron chi connectivity index (χ1n) is 8.17. The molecule has 0 bridgehead atoms. The molecule has 3 rings (SSSR count). The van der Waals surface area contributed by atoms with Crippen molar-refractivity contribution in [2.24, 2.45) is 0 Å². The molecule has 6 heteroatoms. The maximum Gasteiger partial charge on any atom is 0.187 e. The van der Waals surface area contributed by atoms with E-state index in [1.807, 2.05) is 6.92 Å². The average Bonchev–Trinajstić information content (AvgIpc) is 3.02. The minimum Gasteiger partial charge on any atom is -0.348 e. The van der Waals surface area contributed by atoms with Gasteiger partial charge >= 0.3 is 0 Å². The molecule has 1 aliphatic carbocycles. The molecule has 1 atom stereocenters. The molecular formula is C18H22O5S. The molecule has 24 heavy (non-hydrogen) atoms. The largest absolute Gasteiger partial charge is 0.348 e. The average molecular weight is 350 g/mol. The lowest BCUT2D eigenvalue weighted by atomic mass is 9.89. The molecule has 0 unspecified atom stereocenters. The summed E-state index contributed by atoms with van der Waals surface area (Å²) in [6, 6.07) is 8.41. The summed E-state index contributed by atoms with van der Waals surface area (Å²) >= 11 is 0. The summed E-state index contributed by atoms with van der Waals surface area (Å²) in [4.78, 5) is 11.9. The minimum atomic E-state index is -3.62. The highest BCUT2D eigenvalue weighted by molar-refractivity contribution is 7.93. The van der Waals surface area contributed by atoms with E-state index in [4.69, 9.17) is 9.47 Å². The lowest BCUT2D eigenvalue weighted by Gasteiger charge is -2.35. The number of allylic oxidation sites excluding steroid dienone is 1. The van der Waals surface area contributed by atoms with Gasteiger partial charge in [-0.05, 0) is 38.0 Å². The summed E-state index contributed by atoms with van der Waals surface area (Å²) in [7, 11) is -3.62. The van der Waals surface area contributed by atoms with Gasteiger partial charge in [-0.15, -0.1) is 0 Å². The van der Waals surface area contributed by atoms with E-state index in [0.29, 0.717) is 26.1 Å². The molecule has 1 aromatic rings. The van der Waals surface area contributed by atoms with Crippen molar-refractivity contribution in [3.63, 3.8) is 0 Å². The molecule has 1 saturated heterocycles. The summed E-state index contributed by atoms with van der Waals surface area (Å²) in [5.74, 6) is -0.789. The van der Waals surface area contributed by atoms with Crippen molar-refractivity contribution in [3.05, 3.63) is 42.5 Å². The molecule has 1 fully saturated rings. The van der Waals surface area contributed by atoms with Crippen molar-refractivity contribution in [1.29, 1.82) is 0 Å². The normalized spacial score (nSPS) is 26.6. The van der Waals surface area contributed by atoms with E-state index in [1.165, 1.54) is 6.08 Å². The van der Waals surface area contributed by atoms with Crippen molar-refractivity contribution in [2.75, 3.05) is 13.2 Å². The Hall–Kier alpha value is -1.50. The number of carbonyl (C=O) groups excluding carboxylic acids is 1. The zero-order chi connectivity index (χ0) is 17.3. The Bertz CT molecular complexity index is 732. The third kappa shape index (κ3) is 3.18. The van der Waals surface area contributed by atoms with Crippen molar-refractivity contribution < 1.29 is 22.7 Å². The second-order valence-corrected chi connectivity index (χ2v) is 8.80. The number of hydrogen-bond donors (Lipinski definition) is 0. The minimum absolute atomic E-state index is 0.0338. The number of ketones is 1. The van der Waals surface area contributed by atoms with Crippen LogP contribution in [0.3, 0.4) is 0 Å². The highest BCUT2D eigenvalue weighted by Crippen LogP contribution is 2.40. The van der Waals surface area contributed by atoms with E-state index in [2.05, 4.69) is 0 Å². The van der Waals surface area contributed by atoms with Crippen molar-refractivity contribution in [3.8, 4) is 0 Å². The zero-order valence-corrected chi connectivity index (χ0v) is 14.6. The van der Waals surface area contributed by atoms with Gasteiger partial charge in [0.25, 0.3) is 0 Å². The molecule has 0 saturated carbocycles. The fourth-order valence-electron chi connectivity index (χ4n) is 3.29. The number of sulfone groups is 1. The van der Waals surface area contributed by atoms with Crippen LogP contribution in [0.2, 0.25) is 0 Å². The smallest absolute Gasteiger partial charge is 0.187 e. The standard InChI is InChI=1S/C18H22O5S/c1-17(22-13-14-23-17)11-12-18(9-7-15(19)8-10-18)24(20,21)16-5-3-2-4-6-16/h2-7,9H,8,10-14H2,1H3/t18-/m1/s1. The summed E-state index contributed by atoms with van der Waals surface area (Å²) < 4.78 is 36.7. The maximum atomic E-state index is 13.3. The Labute approximate surface area is 142 Å². The second kappa shape index (κ2) is 6.43. The molecule has 0 radical (unpaired) electrons. The fraction of sp³-hybridized carbons (Fsp3) is 0.500. The predicted molar refractivity (Wildman–Crippen MR) is 89.3 cm³/mol. The molecule has 0 aromatic heterocycles. The lowest BCUT2D eigenvalue weighted by Crippen LogP contribution is -2.41. The lowest BCUT2D eigenvalue weighted by molar-refractivity contribution is -0.148. The van der Waals surface area contributed by atoms with Gasteiger partial charge < -0.3 is 9.47 Å². The van der Waals surface area contributed by atoms with Crippen LogP contribution in [0.5, 0.6) is 0 Å². The van der Waals surface area contributed by atoms with E-state index >= 15 is 0 Å². The Morgan fingerprint density at radius 1 is 1.08 bits per heavy atom. The fourth-order valence-corrected chi connectivity index (χ4v) is 5.26. The first kappa shape index (κ1) is 17.3. The van der Waals surface area contributed by atoms with Gasteiger partial charge in [-0.25, -0.2) is 8.42 Å². The summed E-state index contributed by atoms with van der Waals surface area (Å²) in [5, 5.41) is 0. The van der Waals surface area contributed by atoms with Crippen LogP contribution in [0.1, 0.15) is 32.6 Å². The third-order valence-corrected chi connectivity index (χ3v) is 7.36. The zero-order valence-electron chi connectivity index (χ0n) is 13.7. The Morgan fingerprint density at radius 3 is 2.33 bits per heavy atom. The molecule has 5 nitrogen and oxygen atoms in total. The van der Waals surface area contributed by atoms with Gasteiger partial charge in [-0.2, -0.15) is 0 Å². The Morgan fingerprint density at radius 2 is 1.75 bits per heavy atom. The van der Waals surface area contributed by atoms with Crippen LogP contribution < -0.4 is 0 Å². The molecular weight excluding hydrogens is 328 g/mol. The van der Waals surface area contributed by atoms with Crippen molar-refractivity contribution >= 4 is 15.6 Å². The van der Waals surface area contributed by atoms with E-state index in [1.54, 1.807) is 36.4 Å². The van der Waals surface area contributed by atoms with Gasteiger partial charge in [0.2, 0.25) is 0 Å². The van der Waals surface area contributed by atoms with Crippen LogP contribution in [0.15, 0.2) is 47.4 Å². The summed E-state index contributed by atoms with van der Waals surface area (Å²) in [5.41, 5.74) is 0. The molecule has 0 spiro atoms. The summed E-state index contributed by atoms with van der Waals surface area (Å²) in [6.07, 6.45) is 4.31. The van der Waals surface area contributed by atoms with E-state index < -0.39 is 20.4 Å². The predicted octanol–water partition coefficient (Wildman–Crippen LogP) is 2.66. The third-order valence-electron chi connectivity index (χ3n) is 4.86. The van der Waals surface area contributed by atoms with Crippen molar-refractivity contribution in [2.45, 2.75) is 48.0 Å². The van der Waals surface area contributed by atoms with Gasteiger partial charge in [0.05, 0.1) is 22.9 Å². The van der Waals surface area contributed by atoms with Gasteiger partial charge in [-0.1, -0.05) is 24.3 Å². The number of hydrogen-bond acceptors (Lipinski definition) is 5. The molecule has 0 N–H and O–H groups in total. The first-order chi connectivity index (χ1) is 11.4. The Balaban J connectivity index is 1.94. The van der Waals surface area contributed by atoms with Crippen molar-refractivity contribution in [1.82, 2.24) is 0 Å². The second-order valence-electron chi connectivity index (χ2n) is 6.51. The molecule has 0 amide bonds. The SMILES string of the molecule is CC1(CC[C@@]2(S(=O)(=O)c3ccccc3)C=CC(=O)CC2)OCCO1. The maximum absolute atomic E-state index is 13.3. The first-order valence-corrected chi connectivity index (χ1v) is 9.65. The summed E-state index contributed by atoms with van der Waals surface area (Å²) in [6.45, 7) is 2.87. The number of carbonyl (C=O) groups is 1. The molecule has 1 aromatic carbocycles. The Kier molecular flexibility index (Phi) is 4.64. The van der Waals surface area contributed by atoms with Crippen LogP contribution in [-0.4, -0.2) is 37.9 Å². The number of ether oxygens (including phenoxy) is 2. The number of rotatable bonds is 5. The van der Waals surface area contributed by atoms with Gasteiger partial charge in [0, 0.05) is 12.8 Å². The van der Waals surface area contributed by atoms with E-state index in [0.717, 1.165) is 0 Å². The van der Waals surface area contributed by atoms with E-state index in [-0.39, 0.29) is 23.5 Å². The van der Waals surface area contributed by atoms with Gasteiger partial charge in [0.1, 0.15) is 0 Å².